The highest BCUT2D eigenvalue weighted by Crippen LogP contribution is 2.26. The molecule has 0 heterocycles. The van der Waals surface area contributed by atoms with Crippen molar-refractivity contribution in [1.29, 1.82) is 0 Å². The molecule has 1 aromatic carbocycles. The molecule has 0 fully saturated rings. The summed E-state index contributed by atoms with van der Waals surface area (Å²) in [6.45, 7) is 3.89. The van der Waals surface area contributed by atoms with Gasteiger partial charge in [0.05, 0.1) is 25.4 Å². The Hall–Kier alpha value is -0.910. The van der Waals surface area contributed by atoms with E-state index in [2.05, 4.69) is 15.9 Å². The summed E-state index contributed by atoms with van der Waals surface area (Å²) in [6, 6.07) is 3.65. The molecule has 0 spiro atoms. The maximum atomic E-state index is 11.0. The first kappa shape index (κ1) is 15.1. The van der Waals surface area contributed by atoms with E-state index >= 15 is 0 Å². The molecular formula is C13H17BrO4. The third kappa shape index (κ3) is 4.76. The van der Waals surface area contributed by atoms with Gasteiger partial charge in [0.2, 0.25) is 0 Å². The van der Waals surface area contributed by atoms with Gasteiger partial charge in [0.1, 0.15) is 12.4 Å². The van der Waals surface area contributed by atoms with Crippen LogP contribution in [-0.4, -0.2) is 39.8 Å². The molecule has 18 heavy (non-hydrogen) atoms. The third-order valence-corrected chi connectivity index (χ3v) is 2.76. The minimum Gasteiger partial charge on any atom is -0.490 e. The second-order valence-electron chi connectivity index (χ2n) is 3.71. The topological polar surface area (TPSA) is 44.8 Å². The maximum Gasteiger partial charge on any atom is 0.153 e. The normalized spacial score (nSPS) is 10.4. The molecule has 0 amide bonds. The van der Waals surface area contributed by atoms with Crippen molar-refractivity contribution in [1.82, 2.24) is 0 Å². The van der Waals surface area contributed by atoms with Crippen LogP contribution in [-0.2, 0) is 9.47 Å². The number of ether oxygens (including phenoxy) is 3. The van der Waals surface area contributed by atoms with Crippen LogP contribution < -0.4 is 4.74 Å². The highest BCUT2D eigenvalue weighted by Gasteiger charge is 2.08. The van der Waals surface area contributed by atoms with Gasteiger partial charge < -0.3 is 14.2 Å². The van der Waals surface area contributed by atoms with Gasteiger partial charge in [0, 0.05) is 11.6 Å². The van der Waals surface area contributed by atoms with Gasteiger partial charge in [-0.05, 0) is 24.6 Å². The van der Waals surface area contributed by atoms with Gasteiger partial charge in [-0.2, -0.15) is 0 Å². The van der Waals surface area contributed by atoms with E-state index in [0.717, 1.165) is 16.3 Å². The Labute approximate surface area is 115 Å². The van der Waals surface area contributed by atoms with E-state index in [1.807, 2.05) is 13.0 Å². The number of hydrogen-bond acceptors (Lipinski definition) is 4. The van der Waals surface area contributed by atoms with Crippen LogP contribution in [0.3, 0.4) is 0 Å². The number of rotatable bonds is 8. The summed E-state index contributed by atoms with van der Waals surface area (Å²) < 4.78 is 16.6. The van der Waals surface area contributed by atoms with Crippen molar-refractivity contribution in [3.8, 4) is 5.75 Å². The fourth-order valence-electron chi connectivity index (χ4n) is 1.49. The fraction of sp³-hybridized carbons (Fsp3) is 0.462. The van der Waals surface area contributed by atoms with Crippen molar-refractivity contribution < 1.29 is 19.0 Å². The lowest BCUT2D eigenvalue weighted by molar-refractivity contribution is 0.0541. The molecule has 100 valence electrons. The summed E-state index contributed by atoms with van der Waals surface area (Å²) >= 11 is 3.35. The average Bonchev–Trinajstić information content (AvgIpc) is 2.35. The first-order valence-corrected chi connectivity index (χ1v) is 6.43. The van der Waals surface area contributed by atoms with Crippen molar-refractivity contribution in [2.24, 2.45) is 0 Å². The predicted molar refractivity (Wildman–Crippen MR) is 72.5 cm³/mol. The van der Waals surface area contributed by atoms with Gasteiger partial charge >= 0.3 is 0 Å². The monoisotopic (exact) mass is 316 g/mol. The third-order valence-electron chi connectivity index (χ3n) is 2.30. The molecule has 0 saturated carbocycles. The Balaban J connectivity index is 2.49. The Morgan fingerprint density at radius 3 is 2.61 bits per heavy atom. The van der Waals surface area contributed by atoms with E-state index < -0.39 is 0 Å². The summed E-state index contributed by atoms with van der Waals surface area (Å²) in [4.78, 5) is 11.0. The molecule has 0 atom stereocenters. The summed E-state index contributed by atoms with van der Waals surface area (Å²) in [5.41, 5.74) is 1.46. The standard InChI is InChI=1S/C13H17BrO4/c1-10-7-12(14)8-11(9-15)13(10)18-6-5-17-4-3-16-2/h7-9H,3-6H2,1-2H3. The van der Waals surface area contributed by atoms with Crippen molar-refractivity contribution in [2.75, 3.05) is 33.5 Å². The largest absolute Gasteiger partial charge is 0.490 e. The zero-order valence-electron chi connectivity index (χ0n) is 10.6. The molecule has 4 nitrogen and oxygen atoms in total. The first-order chi connectivity index (χ1) is 8.69. The number of hydrogen-bond donors (Lipinski definition) is 0. The van der Waals surface area contributed by atoms with E-state index in [9.17, 15) is 4.79 Å². The highest BCUT2D eigenvalue weighted by molar-refractivity contribution is 9.10. The number of carbonyl (C=O) groups is 1. The van der Waals surface area contributed by atoms with Gasteiger partial charge in [-0.1, -0.05) is 15.9 Å². The van der Waals surface area contributed by atoms with Crippen LogP contribution >= 0.6 is 15.9 Å². The number of aryl methyl sites for hydroxylation is 1. The predicted octanol–water partition coefficient (Wildman–Crippen LogP) is 2.61. The number of halogens is 1. The van der Waals surface area contributed by atoms with Gasteiger partial charge in [0.25, 0.3) is 0 Å². The van der Waals surface area contributed by atoms with E-state index in [1.165, 1.54) is 0 Å². The van der Waals surface area contributed by atoms with Crippen LogP contribution in [0.4, 0.5) is 0 Å². The summed E-state index contributed by atoms with van der Waals surface area (Å²) in [5, 5.41) is 0. The lowest BCUT2D eigenvalue weighted by atomic mass is 10.1. The number of methoxy groups -OCH3 is 1. The summed E-state index contributed by atoms with van der Waals surface area (Å²) in [7, 11) is 1.63. The maximum absolute atomic E-state index is 11.0. The molecule has 0 aromatic heterocycles. The van der Waals surface area contributed by atoms with E-state index in [-0.39, 0.29) is 0 Å². The molecule has 0 N–H and O–H groups in total. The lowest BCUT2D eigenvalue weighted by Gasteiger charge is -2.12. The summed E-state index contributed by atoms with van der Waals surface area (Å²) in [5.74, 6) is 0.614. The SMILES string of the molecule is COCCOCCOc1c(C)cc(Br)cc1C=O. The summed E-state index contributed by atoms with van der Waals surface area (Å²) in [6.07, 6.45) is 0.791. The minimum atomic E-state index is 0.410. The highest BCUT2D eigenvalue weighted by atomic mass is 79.9. The quantitative estimate of drug-likeness (QED) is 0.546. The zero-order chi connectivity index (χ0) is 13.4. The zero-order valence-corrected chi connectivity index (χ0v) is 12.2. The van der Waals surface area contributed by atoms with Crippen molar-refractivity contribution in [2.45, 2.75) is 6.92 Å². The van der Waals surface area contributed by atoms with E-state index in [4.69, 9.17) is 14.2 Å². The second-order valence-corrected chi connectivity index (χ2v) is 4.63. The van der Waals surface area contributed by atoms with Crippen molar-refractivity contribution in [3.63, 3.8) is 0 Å². The van der Waals surface area contributed by atoms with Gasteiger partial charge in [0.15, 0.2) is 6.29 Å². The van der Waals surface area contributed by atoms with E-state index in [1.54, 1.807) is 13.2 Å². The van der Waals surface area contributed by atoms with E-state index in [0.29, 0.717) is 37.7 Å². The second kappa shape index (κ2) is 8.24. The lowest BCUT2D eigenvalue weighted by Crippen LogP contribution is -2.11. The van der Waals surface area contributed by atoms with Crippen molar-refractivity contribution >= 4 is 22.2 Å². The Bertz CT molecular complexity index is 393. The molecular weight excluding hydrogens is 300 g/mol. The van der Waals surface area contributed by atoms with Crippen LogP contribution in [0.15, 0.2) is 16.6 Å². The fourth-order valence-corrected chi connectivity index (χ4v) is 2.08. The number of carbonyl (C=O) groups excluding carboxylic acids is 1. The van der Waals surface area contributed by atoms with Crippen LogP contribution in [0, 0.1) is 6.92 Å². The molecule has 0 aliphatic heterocycles. The van der Waals surface area contributed by atoms with Gasteiger partial charge in [-0.15, -0.1) is 0 Å². The molecule has 0 aliphatic carbocycles. The molecule has 0 aliphatic rings. The molecule has 1 aromatic rings. The van der Waals surface area contributed by atoms with Crippen LogP contribution in [0.2, 0.25) is 0 Å². The first-order valence-electron chi connectivity index (χ1n) is 5.64. The number of benzene rings is 1. The average molecular weight is 317 g/mol. The molecule has 0 bridgehead atoms. The molecule has 1 rings (SSSR count). The Morgan fingerprint density at radius 2 is 1.94 bits per heavy atom. The molecule has 0 saturated heterocycles. The van der Waals surface area contributed by atoms with Crippen molar-refractivity contribution in [3.05, 3.63) is 27.7 Å². The van der Waals surface area contributed by atoms with Crippen LogP contribution in [0.1, 0.15) is 15.9 Å². The molecule has 0 radical (unpaired) electrons. The van der Waals surface area contributed by atoms with Crippen LogP contribution in [0.5, 0.6) is 5.75 Å². The van der Waals surface area contributed by atoms with Gasteiger partial charge in [-0.25, -0.2) is 0 Å². The Morgan fingerprint density at radius 1 is 1.22 bits per heavy atom. The van der Waals surface area contributed by atoms with Gasteiger partial charge in [-0.3, -0.25) is 4.79 Å². The number of aldehydes is 1. The Kier molecular flexibility index (Phi) is 6.93. The van der Waals surface area contributed by atoms with Crippen LogP contribution in [0.25, 0.3) is 0 Å². The molecule has 0 unspecified atom stereocenters. The molecule has 5 heteroatoms. The smallest absolute Gasteiger partial charge is 0.153 e. The minimum absolute atomic E-state index is 0.410.